The molecule has 0 saturated carbocycles. The van der Waals surface area contributed by atoms with Crippen LogP contribution in [0.3, 0.4) is 0 Å². The third kappa shape index (κ3) is 2.95. The quantitative estimate of drug-likeness (QED) is 0.699. The predicted octanol–water partition coefficient (Wildman–Crippen LogP) is 4.04. The van der Waals surface area contributed by atoms with Crippen LogP contribution < -0.4 is 0 Å². The summed E-state index contributed by atoms with van der Waals surface area (Å²) >= 11 is 0. The van der Waals surface area contributed by atoms with Crippen LogP contribution >= 0.6 is 0 Å². The topological polar surface area (TPSA) is 9.23 Å². The number of ether oxygens (including phenoxy) is 1. The molecule has 0 atom stereocenters. The van der Waals surface area contributed by atoms with Gasteiger partial charge in [-0.05, 0) is 0 Å². The second-order valence-electron chi connectivity index (χ2n) is 3.08. The summed E-state index contributed by atoms with van der Waals surface area (Å²) in [5.74, 6) is 0. The van der Waals surface area contributed by atoms with Crippen molar-refractivity contribution >= 4 is 0 Å². The minimum Gasteiger partial charge on any atom is -0.288 e. The molecule has 0 spiro atoms. The molecule has 0 saturated heterocycles. The fraction of sp³-hybridized carbons (Fsp3) is 1.00. The lowest BCUT2D eigenvalue weighted by Gasteiger charge is -2.39. The summed E-state index contributed by atoms with van der Waals surface area (Å²) in [4.78, 5) is 0. The summed E-state index contributed by atoms with van der Waals surface area (Å²) in [6, 6.07) is 0. The molecule has 18 heavy (non-hydrogen) atoms. The highest BCUT2D eigenvalue weighted by atomic mass is 19.4. The fourth-order valence-corrected chi connectivity index (χ4v) is 0.925. The minimum atomic E-state index is -7.16. The molecule has 0 rings (SSSR count). The second-order valence-corrected chi connectivity index (χ2v) is 3.08. The van der Waals surface area contributed by atoms with Crippen LogP contribution in [0.15, 0.2) is 0 Å². The minimum absolute atomic E-state index is 0.676. The molecule has 0 amide bonds. The van der Waals surface area contributed by atoms with Gasteiger partial charge in [0.05, 0.1) is 0 Å². The van der Waals surface area contributed by atoms with Gasteiger partial charge >= 0.3 is 30.2 Å². The van der Waals surface area contributed by atoms with E-state index in [4.69, 9.17) is 0 Å². The molecule has 0 aromatic heterocycles. The number of halogens is 11. The molecule has 0 N–H and O–H groups in total. The molecule has 0 aromatic rings. The van der Waals surface area contributed by atoms with Crippen LogP contribution in [0.25, 0.3) is 0 Å². The summed E-state index contributed by atoms with van der Waals surface area (Å²) in [5, 5.41) is 0. The lowest BCUT2D eigenvalue weighted by molar-refractivity contribution is -0.496. The predicted molar refractivity (Wildman–Crippen MR) is 32.6 cm³/mol. The first-order valence-electron chi connectivity index (χ1n) is 3.74. The summed E-state index contributed by atoms with van der Waals surface area (Å²) in [6.45, 7) is -0.676. The van der Waals surface area contributed by atoms with Gasteiger partial charge in [-0.25, -0.2) is 0 Å². The van der Waals surface area contributed by atoms with Crippen molar-refractivity contribution in [3.05, 3.63) is 0 Å². The largest absolute Gasteiger partial charge is 0.436 e. The van der Waals surface area contributed by atoms with Gasteiger partial charge in [-0.3, -0.25) is 4.74 Å². The zero-order valence-electron chi connectivity index (χ0n) is 8.07. The highest BCUT2D eigenvalue weighted by molar-refractivity contribution is 5.02. The molecular formula is C6H3F11O. The molecular weight excluding hydrogens is 297 g/mol. The van der Waals surface area contributed by atoms with E-state index in [1.54, 1.807) is 0 Å². The van der Waals surface area contributed by atoms with Gasteiger partial charge in [0.2, 0.25) is 0 Å². The first-order chi connectivity index (χ1) is 7.46. The maximum atomic E-state index is 12.1. The van der Waals surface area contributed by atoms with E-state index >= 15 is 0 Å². The number of rotatable bonds is 2. The highest BCUT2D eigenvalue weighted by Crippen LogP contribution is 2.56. The third-order valence-electron chi connectivity index (χ3n) is 1.53. The average molecular weight is 300 g/mol. The van der Waals surface area contributed by atoms with Crippen LogP contribution in [0.2, 0.25) is 0 Å². The molecule has 0 aliphatic heterocycles. The van der Waals surface area contributed by atoms with Crippen LogP contribution in [0.5, 0.6) is 0 Å². The average Bonchev–Trinajstić information content (AvgIpc) is 1.90. The van der Waals surface area contributed by atoms with Gasteiger partial charge in [0.15, 0.2) is 0 Å². The van der Waals surface area contributed by atoms with E-state index in [0.717, 1.165) is 0 Å². The van der Waals surface area contributed by atoms with E-state index in [-0.39, 0.29) is 0 Å². The zero-order valence-corrected chi connectivity index (χ0v) is 8.07. The van der Waals surface area contributed by atoms with E-state index in [0.29, 0.717) is 0 Å². The van der Waals surface area contributed by atoms with E-state index in [9.17, 15) is 48.3 Å². The molecule has 0 unspecified atom stereocenters. The number of hydrogen-bond donors (Lipinski definition) is 0. The Morgan fingerprint density at radius 1 is 0.556 bits per heavy atom. The Labute approximate surface area is 91.5 Å². The van der Waals surface area contributed by atoms with Crippen LogP contribution in [-0.2, 0) is 4.74 Å². The third-order valence-corrected chi connectivity index (χ3v) is 1.53. The normalized spacial score (nSPS) is 16.0. The number of hydrogen-bond acceptors (Lipinski definition) is 1. The molecule has 1 nitrogen and oxygen atoms in total. The molecule has 110 valence electrons. The fourth-order valence-electron chi connectivity index (χ4n) is 0.925. The van der Waals surface area contributed by atoms with Crippen molar-refractivity contribution in [2.75, 3.05) is 0 Å². The van der Waals surface area contributed by atoms with Crippen molar-refractivity contribution in [3.8, 4) is 0 Å². The Balaban J connectivity index is 6.10. The molecule has 0 aliphatic rings. The summed E-state index contributed by atoms with van der Waals surface area (Å²) in [7, 11) is 0. The standard InChI is InChI=1S/C6H3F11O/c1-2(7,8)18-3(4(9,10)11,5(12,13)14)6(15,16)17/h1H3. The van der Waals surface area contributed by atoms with E-state index in [1.165, 1.54) is 0 Å². The maximum absolute atomic E-state index is 12.1. The molecule has 0 bridgehead atoms. The molecule has 0 heterocycles. The van der Waals surface area contributed by atoms with Gasteiger partial charge in [0, 0.05) is 6.92 Å². The lowest BCUT2D eigenvalue weighted by atomic mass is 10.0. The van der Waals surface area contributed by atoms with E-state index in [1.807, 2.05) is 4.74 Å². The Hall–Kier alpha value is -0.810. The van der Waals surface area contributed by atoms with Gasteiger partial charge in [0.25, 0.3) is 0 Å². The molecule has 0 aromatic carbocycles. The second kappa shape index (κ2) is 4.10. The van der Waals surface area contributed by atoms with Crippen molar-refractivity contribution in [2.45, 2.75) is 37.2 Å². The lowest BCUT2D eigenvalue weighted by Crippen LogP contribution is -2.69. The summed E-state index contributed by atoms with van der Waals surface area (Å²) in [5.41, 5.74) is -6.95. The Kier molecular flexibility index (Phi) is 3.91. The van der Waals surface area contributed by atoms with Crippen LogP contribution in [0, 0.1) is 0 Å². The summed E-state index contributed by atoms with van der Waals surface area (Å²) < 4.78 is 134. The zero-order chi connectivity index (χ0) is 15.2. The van der Waals surface area contributed by atoms with E-state index in [2.05, 4.69) is 0 Å². The van der Waals surface area contributed by atoms with Gasteiger partial charge in [-0.15, -0.1) is 0 Å². The van der Waals surface area contributed by atoms with Crippen molar-refractivity contribution in [1.29, 1.82) is 0 Å². The van der Waals surface area contributed by atoms with Crippen LogP contribution in [-0.4, -0.2) is 30.2 Å². The Bertz CT molecular complexity index is 253. The first kappa shape index (κ1) is 17.2. The van der Waals surface area contributed by atoms with Crippen molar-refractivity contribution in [3.63, 3.8) is 0 Å². The van der Waals surface area contributed by atoms with E-state index < -0.39 is 37.2 Å². The smallest absolute Gasteiger partial charge is 0.288 e. The number of alkyl halides is 11. The van der Waals surface area contributed by atoms with Gasteiger partial charge in [-0.1, -0.05) is 0 Å². The SMILES string of the molecule is CC(F)(F)OC(C(F)(F)F)(C(F)(F)F)C(F)(F)F. The highest BCUT2D eigenvalue weighted by Gasteiger charge is 2.87. The van der Waals surface area contributed by atoms with Gasteiger partial charge in [-0.2, -0.15) is 48.3 Å². The van der Waals surface area contributed by atoms with Gasteiger partial charge < -0.3 is 0 Å². The monoisotopic (exact) mass is 300 g/mol. The van der Waals surface area contributed by atoms with Crippen molar-refractivity contribution in [1.82, 2.24) is 0 Å². The van der Waals surface area contributed by atoms with Crippen molar-refractivity contribution in [2.24, 2.45) is 0 Å². The molecule has 0 aliphatic carbocycles. The summed E-state index contributed by atoms with van der Waals surface area (Å²) in [6.07, 6.45) is -26.8. The van der Waals surface area contributed by atoms with Gasteiger partial charge in [0.1, 0.15) is 0 Å². The molecule has 0 radical (unpaired) electrons. The van der Waals surface area contributed by atoms with Crippen LogP contribution in [0.1, 0.15) is 6.92 Å². The van der Waals surface area contributed by atoms with Crippen molar-refractivity contribution < 1.29 is 53.0 Å². The Morgan fingerprint density at radius 3 is 0.833 bits per heavy atom. The maximum Gasteiger partial charge on any atom is 0.436 e. The molecule has 0 fully saturated rings. The Morgan fingerprint density at radius 2 is 0.778 bits per heavy atom. The molecule has 12 heteroatoms. The van der Waals surface area contributed by atoms with Crippen LogP contribution in [0.4, 0.5) is 48.3 Å². The first-order valence-corrected chi connectivity index (χ1v) is 3.74.